The van der Waals surface area contributed by atoms with E-state index < -0.39 is 0 Å². The van der Waals surface area contributed by atoms with E-state index >= 15 is 0 Å². The molecule has 196 valence electrons. The quantitative estimate of drug-likeness (QED) is 0.334. The molecule has 0 atom stereocenters. The fraction of sp³-hybridized carbons (Fsp3) is 0.286. The van der Waals surface area contributed by atoms with Gasteiger partial charge in [0.25, 0.3) is 0 Å². The van der Waals surface area contributed by atoms with E-state index in [0.717, 1.165) is 22.4 Å². The minimum atomic E-state index is -0.220. The summed E-state index contributed by atoms with van der Waals surface area (Å²) >= 11 is 1.65. The lowest BCUT2D eigenvalue weighted by atomic mass is 9.90. The highest BCUT2D eigenvalue weighted by atomic mass is 35.5. The average molecular weight is 540 g/mol. The van der Waals surface area contributed by atoms with Gasteiger partial charge in [-0.1, -0.05) is 72.0 Å². The van der Waals surface area contributed by atoms with Gasteiger partial charge in [-0.25, -0.2) is 9.97 Å². The van der Waals surface area contributed by atoms with Crippen molar-refractivity contribution in [3.05, 3.63) is 105 Å². The molecule has 7 nitrogen and oxygen atoms in total. The molecule has 37 heavy (non-hydrogen) atoms. The molecule has 0 saturated heterocycles. The first kappa shape index (κ1) is 29.9. The SMILES string of the molecule is CN(C)C(=O)C(c1ccccc1)c1ccccc1.Cc1ncc(C[n+]2csc(CCO)c2C)c(N)n1.[Cl-]. The summed E-state index contributed by atoms with van der Waals surface area (Å²) < 4.78 is 2.11. The Hall–Kier alpha value is -3.33. The summed E-state index contributed by atoms with van der Waals surface area (Å²) in [7, 11) is 3.59. The summed E-state index contributed by atoms with van der Waals surface area (Å²) in [5, 5.41) is 8.98. The van der Waals surface area contributed by atoms with Crippen LogP contribution in [-0.4, -0.2) is 46.6 Å². The molecule has 4 rings (SSSR count). The third-order valence-electron chi connectivity index (χ3n) is 5.81. The Morgan fingerprint density at radius 2 is 1.62 bits per heavy atom. The summed E-state index contributed by atoms with van der Waals surface area (Å²) in [6.45, 7) is 4.71. The third-order valence-corrected chi connectivity index (χ3v) is 6.95. The third kappa shape index (κ3) is 8.08. The number of thiazole rings is 1. The topological polar surface area (TPSA) is 96.2 Å². The molecule has 0 fully saturated rings. The van der Waals surface area contributed by atoms with E-state index in [1.807, 2.05) is 80.0 Å². The number of halogens is 1. The molecule has 2 aromatic carbocycles. The number of nitrogens with zero attached hydrogens (tertiary/aromatic N) is 4. The van der Waals surface area contributed by atoms with Crippen LogP contribution >= 0.6 is 11.3 Å². The molecule has 0 bridgehead atoms. The standard InChI is InChI=1S/C16H17NO.C12H17N4OS.ClH/c1-17(2)16(18)15(13-9-5-3-6-10-13)14-11-7-4-8-12-14;1-8-11(3-4-17)18-7-16(8)6-10-5-14-9(2)15-12(10)13;/h3-12,15H,1-2H3;5,7,17H,3-4,6H2,1-2H3,(H2,13,14,15);1H/q;+1;/p-1. The van der Waals surface area contributed by atoms with E-state index in [0.29, 0.717) is 24.6 Å². The van der Waals surface area contributed by atoms with Gasteiger partial charge in [0.05, 0.1) is 16.4 Å². The van der Waals surface area contributed by atoms with Crippen molar-refractivity contribution < 1.29 is 26.9 Å². The number of likely N-dealkylation sites (N-methyl/N-ethyl adjacent to an activating group) is 1. The van der Waals surface area contributed by atoms with Gasteiger partial charge in [0.1, 0.15) is 11.6 Å². The van der Waals surface area contributed by atoms with Crippen LogP contribution in [0.3, 0.4) is 0 Å². The van der Waals surface area contributed by atoms with Crippen molar-refractivity contribution in [3.8, 4) is 0 Å². The fourth-order valence-electron chi connectivity index (χ4n) is 3.79. The first-order chi connectivity index (χ1) is 17.3. The average Bonchev–Trinajstić information content (AvgIpc) is 3.22. The molecule has 1 amide bonds. The number of aryl methyl sites for hydroxylation is 1. The van der Waals surface area contributed by atoms with Gasteiger partial charge in [-0.2, -0.15) is 4.57 Å². The molecular formula is C28H34ClN5O2S. The Kier molecular flexibility index (Phi) is 11.7. The lowest BCUT2D eigenvalue weighted by Gasteiger charge is -2.21. The summed E-state index contributed by atoms with van der Waals surface area (Å²) in [4.78, 5) is 23.5. The van der Waals surface area contributed by atoms with E-state index in [4.69, 9.17) is 10.8 Å². The van der Waals surface area contributed by atoms with E-state index in [1.165, 1.54) is 4.88 Å². The van der Waals surface area contributed by atoms with Crippen molar-refractivity contribution in [1.82, 2.24) is 14.9 Å². The largest absolute Gasteiger partial charge is 1.00 e. The van der Waals surface area contributed by atoms with Gasteiger partial charge in [-0.3, -0.25) is 4.79 Å². The molecule has 0 saturated carbocycles. The number of aliphatic hydroxyl groups excluding tert-OH is 1. The molecule has 4 aromatic rings. The predicted octanol–water partition coefficient (Wildman–Crippen LogP) is 0.518. The van der Waals surface area contributed by atoms with Crippen LogP contribution in [0.5, 0.6) is 0 Å². The second-order valence-corrected chi connectivity index (χ2v) is 9.59. The summed E-state index contributed by atoms with van der Waals surface area (Å²) in [6.07, 6.45) is 2.47. The van der Waals surface area contributed by atoms with Crippen molar-refractivity contribution in [3.63, 3.8) is 0 Å². The van der Waals surface area contributed by atoms with Gasteiger partial charge in [-0.05, 0) is 18.1 Å². The highest BCUT2D eigenvalue weighted by molar-refractivity contribution is 7.09. The number of nitrogen functional groups attached to an aromatic ring is 1. The molecule has 9 heteroatoms. The maximum absolute atomic E-state index is 12.4. The van der Waals surface area contributed by atoms with Gasteiger partial charge < -0.3 is 28.1 Å². The zero-order chi connectivity index (χ0) is 26.1. The Morgan fingerprint density at radius 1 is 1.05 bits per heavy atom. The molecule has 0 aliphatic carbocycles. The van der Waals surface area contributed by atoms with Crippen molar-refractivity contribution in [2.24, 2.45) is 0 Å². The van der Waals surface area contributed by atoms with E-state index in [9.17, 15) is 4.79 Å². The maximum atomic E-state index is 12.4. The number of aliphatic hydroxyl groups is 1. The monoisotopic (exact) mass is 539 g/mol. The lowest BCUT2D eigenvalue weighted by Crippen LogP contribution is -3.00. The van der Waals surface area contributed by atoms with Gasteiger partial charge in [0, 0.05) is 40.2 Å². The van der Waals surface area contributed by atoms with Gasteiger partial charge in [0.2, 0.25) is 11.4 Å². The Labute approximate surface area is 229 Å². The van der Waals surface area contributed by atoms with Crippen LogP contribution < -0.4 is 22.7 Å². The van der Waals surface area contributed by atoms with E-state index in [2.05, 4.69) is 14.5 Å². The normalized spacial score (nSPS) is 10.3. The molecule has 0 spiro atoms. The summed E-state index contributed by atoms with van der Waals surface area (Å²) in [5.41, 5.74) is 12.1. The fourth-order valence-corrected chi connectivity index (χ4v) is 4.78. The van der Waals surface area contributed by atoms with Crippen LogP contribution in [0.15, 0.2) is 72.4 Å². The minimum Gasteiger partial charge on any atom is -1.00 e. The number of aromatic nitrogens is 3. The number of hydrogen-bond donors (Lipinski definition) is 2. The first-order valence-electron chi connectivity index (χ1n) is 11.8. The number of anilines is 1. The molecule has 0 unspecified atom stereocenters. The maximum Gasteiger partial charge on any atom is 0.234 e. The first-order valence-corrected chi connectivity index (χ1v) is 12.7. The molecule has 0 radical (unpaired) electrons. The van der Waals surface area contributed by atoms with E-state index in [1.54, 1.807) is 36.5 Å². The number of carbonyl (C=O) groups is 1. The van der Waals surface area contributed by atoms with Gasteiger partial charge >= 0.3 is 0 Å². The smallest absolute Gasteiger partial charge is 0.234 e. The highest BCUT2D eigenvalue weighted by Gasteiger charge is 2.23. The van der Waals surface area contributed by atoms with Gasteiger partial charge in [-0.15, -0.1) is 0 Å². The number of hydrogen-bond acceptors (Lipinski definition) is 6. The van der Waals surface area contributed by atoms with E-state index in [-0.39, 0.29) is 30.8 Å². The van der Waals surface area contributed by atoms with Crippen LogP contribution in [0.2, 0.25) is 0 Å². The summed E-state index contributed by atoms with van der Waals surface area (Å²) in [5.74, 6) is 1.10. The zero-order valence-corrected chi connectivity index (χ0v) is 23.2. The van der Waals surface area contributed by atoms with Crippen LogP contribution in [0.1, 0.15) is 39.0 Å². The molecule has 2 aromatic heterocycles. The minimum absolute atomic E-state index is 0. The Bertz CT molecular complexity index is 1230. The van der Waals surface area contributed by atoms with Crippen molar-refractivity contribution in [2.45, 2.75) is 32.7 Å². The molecular weight excluding hydrogens is 506 g/mol. The number of nitrogens with two attached hydrogens (primary N) is 1. The number of carbonyl (C=O) groups excluding carboxylic acids is 1. The number of rotatable bonds is 7. The van der Waals surface area contributed by atoms with Crippen molar-refractivity contribution >= 4 is 23.1 Å². The van der Waals surface area contributed by atoms with Crippen molar-refractivity contribution in [2.75, 3.05) is 26.4 Å². The predicted molar refractivity (Wildman–Crippen MR) is 144 cm³/mol. The van der Waals surface area contributed by atoms with Crippen LogP contribution in [0.4, 0.5) is 5.82 Å². The van der Waals surface area contributed by atoms with Crippen LogP contribution in [-0.2, 0) is 17.8 Å². The Morgan fingerprint density at radius 3 is 2.11 bits per heavy atom. The second kappa shape index (κ2) is 14.4. The lowest BCUT2D eigenvalue weighted by molar-refractivity contribution is -0.689. The molecule has 0 aliphatic heterocycles. The molecule has 3 N–H and O–H groups in total. The Balaban J connectivity index is 0.000000253. The zero-order valence-electron chi connectivity index (χ0n) is 21.6. The van der Waals surface area contributed by atoms with Crippen molar-refractivity contribution in [1.29, 1.82) is 0 Å². The number of benzene rings is 2. The second-order valence-electron chi connectivity index (χ2n) is 8.65. The molecule has 0 aliphatic rings. The van der Waals surface area contributed by atoms with Crippen LogP contribution in [0, 0.1) is 13.8 Å². The van der Waals surface area contributed by atoms with Crippen LogP contribution in [0.25, 0.3) is 0 Å². The molecule has 2 heterocycles. The number of amides is 1. The van der Waals surface area contributed by atoms with Gasteiger partial charge in [0.15, 0.2) is 12.2 Å². The summed E-state index contributed by atoms with van der Waals surface area (Å²) in [6, 6.07) is 19.8. The highest BCUT2D eigenvalue weighted by Crippen LogP contribution is 2.26.